The van der Waals surface area contributed by atoms with Crippen molar-refractivity contribution >= 4 is 11.9 Å². The lowest BCUT2D eigenvalue weighted by molar-refractivity contribution is -0.148. The van der Waals surface area contributed by atoms with Gasteiger partial charge in [-0.2, -0.15) is 0 Å². The second-order valence-electron chi connectivity index (χ2n) is 7.92. The SMILES string of the molecule is CCC(CC)C(=O)N(CC(C)C(=O)OC)C1CCN(Cc2ccccc2)CC1. The smallest absolute Gasteiger partial charge is 0.310 e. The lowest BCUT2D eigenvalue weighted by atomic mass is 9.95. The van der Waals surface area contributed by atoms with Crippen LogP contribution >= 0.6 is 0 Å². The molecule has 1 saturated heterocycles. The standard InChI is InChI=1S/C23H36N2O3/c1-5-20(6-2)22(26)25(16-18(3)23(27)28-4)21-12-14-24(15-13-21)17-19-10-8-7-9-11-19/h7-11,18,20-21H,5-6,12-17H2,1-4H3. The second-order valence-corrected chi connectivity index (χ2v) is 7.92. The molecule has 0 aliphatic carbocycles. The van der Waals surface area contributed by atoms with Crippen LogP contribution in [0.5, 0.6) is 0 Å². The predicted octanol–water partition coefficient (Wildman–Crippen LogP) is 3.72. The molecule has 0 radical (unpaired) electrons. The normalized spacial score (nSPS) is 16.8. The van der Waals surface area contributed by atoms with Gasteiger partial charge in [-0.25, -0.2) is 0 Å². The van der Waals surface area contributed by atoms with E-state index in [0.29, 0.717) is 6.54 Å². The first-order valence-electron chi connectivity index (χ1n) is 10.6. The minimum atomic E-state index is -0.300. The summed E-state index contributed by atoms with van der Waals surface area (Å²) in [5.74, 6) is -0.316. The Balaban J connectivity index is 2.02. The molecule has 0 spiro atoms. The fraction of sp³-hybridized carbons (Fsp3) is 0.652. The van der Waals surface area contributed by atoms with Gasteiger partial charge in [0.25, 0.3) is 0 Å². The molecule has 1 aromatic rings. The van der Waals surface area contributed by atoms with Gasteiger partial charge in [-0.15, -0.1) is 0 Å². The third kappa shape index (κ3) is 6.06. The molecule has 1 aliphatic heterocycles. The molecular formula is C23H36N2O3. The molecule has 156 valence electrons. The first-order chi connectivity index (χ1) is 13.5. The zero-order chi connectivity index (χ0) is 20.5. The molecule has 0 bridgehead atoms. The molecule has 1 aromatic carbocycles. The van der Waals surface area contributed by atoms with E-state index in [1.54, 1.807) is 0 Å². The topological polar surface area (TPSA) is 49.9 Å². The van der Waals surface area contributed by atoms with Crippen LogP contribution in [-0.4, -0.2) is 54.5 Å². The van der Waals surface area contributed by atoms with Crippen LogP contribution in [0.15, 0.2) is 30.3 Å². The summed E-state index contributed by atoms with van der Waals surface area (Å²) in [7, 11) is 1.41. The molecule has 28 heavy (non-hydrogen) atoms. The number of amides is 1. The Labute approximate surface area is 170 Å². The Morgan fingerprint density at radius 1 is 1.14 bits per heavy atom. The number of hydrogen-bond donors (Lipinski definition) is 0. The summed E-state index contributed by atoms with van der Waals surface area (Å²) in [4.78, 5) is 29.6. The van der Waals surface area contributed by atoms with E-state index in [-0.39, 0.29) is 29.8 Å². The number of carbonyl (C=O) groups is 2. The minimum absolute atomic E-state index is 0.0344. The van der Waals surface area contributed by atoms with Crippen LogP contribution in [0.2, 0.25) is 0 Å². The summed E-state index contributed by atoms with van der Waals surface area (Å²) >= 11 is 0. The number of hydrogen-bond acceptors (Lipinski definition) is 4. The Morgan fingerprint density at radius 3 is 2.29 bits per heavy atom. The predicted molar refractivity (Wildman–Crippen MR) is 112 cm³/mol. The van der Waals surface area contributed by atoms with Crippen LogP contribution in [0.3, 0.4) is 0 Å². The molecule has 0 aromatic heterocycles. The van der Waals surface area contributed by atoms with E-state index in [2.05, 4.69) is 43.0 Å². The Bertz CT molecular complexity index is 608. The van der Waals surface area contributed by atoms with Gasteiger partial charge >= 0.3 is 5.97 Å². The third-order valence-corrected chi connectivity index (χ3v) is 5.94. The van der Waals surface area contributed by atoms with Gasteiger partial charge in [-0.05, 0) is 31.2 Å². The van der Waals surface area contributed by atoms with Crippen molar-refractivity contribution < 1.29 is 14.3 Å². The van der Waals surface area contributed by atoms with Gasteiger partial charge in [-0.3, -0.25) is 14.5 Å². The van der Waals surface area contributed by atoms with Crippen molar-refractivity contribution in [2.45, 2.75) is 59.0 Å². The summed E-state index contributed by atoms with van der Waals surface area (Å²) in [5, 5.41) is 0. The molecule has 2 rings (SSSR count). The number of esters is 1. The quantitative estimate of drug-likeness (QED) is 0.605. The van der Waals surface area contributed by atoms with Crippen LogP contribution in [0.25, 0.3) is 0 Å². The molecule has 1 amide bonds. The van der Waals surface area contributed by atoms with E-state index in [9.17, 15) is 9.59 Å². The Hall–Kier alpha value is -1.88. The van der Waals surface area contributed by atoms with Gasteiger partial charge in [-0.1, -0.05) is 51.1 Å². The summed E-state index contributed by atoms with van der Waals surface area (Å²) in [6.45, 7) is 9.33. The summed E-state index contributed by atoms with van der Waals surface area (Å²) < 4.78 is 4.89. The largest absolute Gasteiger partial charge is 0.469 e. The molecule has 1 atom stereocenters. The Kier molecular flexibility index (Phi) is 8.97. The van der Waals surface area contributed by atoms with Crippen LogP contribution in [-0.2, 0) is 20.9 Å². The van der Waals surface area contributed by atoms with Gasteiger partial charge in [0.1, 0.15) is 0 Å². The number of rotatable bonds is 9. The zero-order valence-electron chi connectivity index (χ0n) is 17.9. The number of piperidine rings is 1. The second kappa shape index (κ2) is 11.2. The molecule has 5 nitrogen and oxygen atoms in total. The zero-order valence-corrected chi connectivity index (χ0v) is 17.9. The van der Waals surface area contributed by atoms with Crippen molar-refractivity contribution in [1.82, 2.24) is 9.80 Å². The van der Waals surface area contributed by atoms with E-state index in [0.717, 1.165) is 45.3 Å². The van der Waals surface area contributed by atoms with Crippen molar-refractivity contribution in [3.05, 3.63) is 35.9 Å². The molecule has 1 unspecified atom stereocenters. The fourth-order valence-corrected chi connectivity index (χ4v) is 4.09. The van der Waals surface area contributed by atoms with Crippen LogP contribution in [0.1, 0.15) is 52.0 Å². The molecule has 5 heteroatoms. The molecule has 0 saturated carbocycles. The third-order valence-electron chi connectivity index (χ3n) is 5.94. The fourth-order valence-electron chi connectivity index (χ4n) is 4.09. The maximum Gasteiger partial charge on any atom is 0.310 e. The van der Waals surface area contributed by atoms with E-state index < -0.39 is 0 Å². The van der Waals surface area contributed by atoms with Crippen molar-refractivity contribution in [3.63, 3.8) is 0 Å². The first kappa shape index (κ1) is 22.4. The van der Waals surface area contributed by atoms with Gasteiger partial charge in [0, 0.05) is 38.1 Å². The van der Waals surface area contributed by atoms with E-state index in [1.165, 1.54) is 12.7 Å². The lowest BCUT2D eigenvalue weighted by Gasteiger charge is -2.40. The van der Waals surface area contributed by atoms with Gasteiger partial charge in [0.05, 0.1) is 13.0 Å². The Morgan fingerprint density at radius 2 is 1.75 bits per heavy atom. The van der Waals surface area contributed by atoms with E-state index >= 15 is 0 Å². The molecular weight excluding hydrogens is 352 g/mol. The molecule has 1 heterocycles. The number of benzene rings is 1. The molecule has 0 N–H and O–H groups in total. The number of likely N-dealkylation sites (tertiary alicyclic amines) is 1. The molecule has 1 fully saturated rings. The molecule has 1 aliphatic rings. The van der Waals surface area contributed by atoms with Crippen molar-refractivity contribution in [2.75, 3.05) is 26.7 Å². The highest BCUT2D eigenvalue weighted by Gasteiger charge is 2.33. The highest BCUT2D eigenvalue weighted by Crippen LogP contribution is 2.23. The average Bonchev–Trinajstić information content (AvgIpc) is 2.73. The summed E-state index contributed by atoms with van der Waals surface area (Å²) in [6.07, 6.45) is 3.58. The van der Waals surface area contributed by atoms with Crippen molar-refractivity contribution in [2.24, 2.45) is 11.8 Å². The van der Waals surface area contributed by atoms with Crippen LogP contribution in [0.4, 0.5) is 0 Å². The average molecular weight is 389 g/mol. The number of nitrogens with zero attached hydrogens (tertiary/aromatic N) is 2. The lowest BCUT2D eigenvalue weighted by Crippen LogP contribution is -2.51. The van der Waals surface area contributed by atoms with Crippen molar-refractivity contribution in [1.29, 1.82) is 0 Å². The van der Waals surface area contributed by atoms with Crippen molar-refractivity contribution in [3.8, 4) is 0 Å². The maximum atomic E-state index is 13.2. The maximum absolute atomic E-state index is 13.2. The number of carbonyl (C=O) groups excluding carboxylic acids is 2. The minimum Gasteiger partial charge on any atom is -0.469 e. The van der Waals surface area contributed by atoms with E-state index in [1.807, 2.05) is 17.9 Å². The van der Waals surface area contributed by atoms with Gasteiger partial charge in [0.2, 0.25) is 5.91 Å². The first-order valence-corrected chi connectivity index (χ1v) is 10.6. The van der Waals surface area contributed by atoms with E-state index in [4.69, 9.17) is 4.74 Å². The number of methoxy groups -OCH3 is 1. The van der Waals surface area contributed by atoms with Crippen LogP contribution in [0, 0.1) is 11.8 Å². The van der Waals surface area contributed by atoms with Gasteiger partial charge in [0.15, 0.2) is 0 Å². The summed E-state index contributed by atoms with van der Waals surface area (Å²) in [6, 6.07) is 10.7. The highest BCUT2D eigenvalue weighted by atomic mass is 16.5. The van der Waals surface area contributed by atoms with Crippen LogP contribution < -0.4 is 0 Å². The highest BCUT2D eigenvalue weighted by molar-refractivity contribution is 5.80. The summed E-state index contributed by atoms with van der Waals surface area (Å²) in [5.41, 5.74) is 1.32. The monoisotopic (exact) mass is 388 g/mol. The number of ether oxygens (including phenoxy) is 1. The van der Waals surface area contributed by atoms with Gasteiger partial charge < -0.3 is 9.64 Å².